The molecule has 1 aromatic rings. The minimum absolute atomic E-state index is 0.182. The first-order valence-corrected chi connectivity index (χ1v) is 9.57. The first-order chi connectivity index (χ1) is 12.0. The van der Waals surface area contributed by atoms with Crippen LogP contribution in [0, 0.1) is 5.92 Å². The molecule has 7 heteroatoms. The summed E-state index contributed by atoms with van der Waals surface area (Å²) in [5.41, 5.74) is 5.95. The SMILES string of the molecule is CC(C)n1cnnc1CN(C)C(=O)C[C@@H]1CC[C@H](CN)N1CC1CC1. The summed E-state index contributed by atoms with van der Waals surface area (Å²) in [7, 11) is 1.86. The number of hydrogen-bond donors (Lipinski definition) is 1. The number of hydrogen-bond acceptors (Lipinski definition) is 5. The van der Waals surface area contributed by atoms with E-state index in [1.54, 1.807) is 11.2 Å². The third-order valence-corrected chi connectivity index (χ3v) is 5.63. The largest absolute Gasteiger partial charge is 0.338 e. The monoisotopic (exact) mass is 348 g/mol. The van der Waals surface area contributed by atoms with E-state index in [-0.39, 0.29) is 5.91 Å². The van der Waals surface area contributed by atoms with E-state index >= 15 is 0 Å². The van der Waals surface area contributed by atoms with E-state index in [0.717, 1.165) is 31.1 Å². The molecule has 1 saturated heterocycles. The molecular weight excluding hydrogens is 316 g/mol. The highest BCUT2D eigenvalue weighted by molar-refractivity contribution is 5.76. The van der Waals surface area contributed by atoms with E-state index in [2.05, 4.69) is 28.9 Å². The Morgan fingerprint density at radius 3 is 2.68 bits per heavy atom. The highest BCUT2D eigenvalue weighted by Gasteiger charge is 2.37. The fourth-order valence-electron chi connectivity index (χ4n) is 3.85. The van der Waals surface area contributed by atoms with E-state index in [1.807, 2.05) is 11.6 Å². The summed E-state index contributed by atoms with van der Waals surface area (Å²) >= 11 is 0. The van der Waals surface area contributed by atoms with Crippen LogP contribution in [0.3, 0.4) is 0 Å². The Bertz CT molecular complexity index is 582. The predicted molar refractivity (Wildman–Crippen MR) is 96.8 cm³/mol. The second-order valence-corrected chi connectivity index (χ2v) is 7.96. The molecule has 25 heavy (non-hydrogen) atoms. The van der Waals surface area contributed by atoms with Gasteiger partial charge in [-0.15, -0.1) is 10.2 Å². The lowest BCUT2D eigenvalue weighted by Crippen LogP contribution is -2.43. The number of carbonyl (C=O) groups is 1. The van der Waals surface area contributed by atoms with Crippen LogP contribution in [0.2, 0.25) is 0 Å². The minimum atomic E-state index is 0.182. The Hall–Kier alpha value is -1.47. The van der Waals surface area contributed by atoms with Crippen LogP contribution >= 0.6 is 0 Å². The minimum Gasteiger partial charge on any atom is -0.338 e. The third kappa shape index (κ3) is 4.39. The molecule has 2 fully saturated rings. The average Bonchev–Trinajstić information content (AvgIpc) is 3.13. The van der Waals surface area contributed by atoms with E-state index in [4.69, 9.17) is 5.73 Å². The molecule has 2 N–H and O–H groups in total. The van der Waals surface area contributed by atoms with Crippen LogP contribution < -0.4 is 5.73 Å². The van der Waals surface area contributed by atoms with Crippen molar-refractivity contribution in [1.82, 2.24) is 24.6 Å². The van der Waals surface area contributed by atoms with Gasteiger partial charge in [-0.05, 0) is 45.4 Å². The van der Waals surface area contributed by atoms with Crippen molar-refractivity contribution in [3.63, 3.8) is 0 Å². The number of nitrogens with two attached hydrogens (primary N) is 1. The fourth-order valence-corrected chi connectivity index (χ4v) is 3.85. The van der Waals surface area contributed by atoms with Gasteiger partial charge < -0.3 is 15.2 Å². The van der Waals surface area contributed by atoms with E-state index in [0.29, 0.717) is 37.6 Å². The van der Waals surface area contributed by atoms with Gasteiger partial charge in [0.15, 0.2) is 5.82 Å². The highest BCUT2D eigenvalue weighted by atomic mass is 16.2. The molecule has 3 rings (SSSR count). The summed E-state index contributed by atoms with van der Waals surface area (Å²) in [5.74, 6) is 1.85. The van der Waals surface area contributed by atoms with E-state index < -0.39 is 0 Å². The number of aromatic nitrogens is 3. The number of amides is 1. The molecule has 0 radical (unpaired) electrons. The van der Waals surface area contributed by atoms with Gasteiger partial charge in [0.25, 0.3) is 0 Å². The summed E-state index contributed by atoms with van der Waals surface area (Å²) < 4.78 is 2.02. The molecule has 2 atom stereocenters. The predicted octanol–water partition coefficient (Wildman–Crippen LogP) is 1.41. The first-order valence-electron chi connectivity index (χ1n) is 9.57. The van der Waals surface area contributed by atoms with Gasteiger partial charge in [0.05, 0.1) is 6.54 Å². The molecule has 1 aromatic heterocycles. The van der Waals surface area contributed by atoms with Gasteiger partial charge in [-0.25, -0.2) is 0 Å². The van der Waals surface area contributed by atoms with Crippen LogP contribution in [0.15, 0.2) is 6.33 Å². The zero-order chi connectivity index (χ0) is 18.0. The lowest BCUT2D eigenvalue weighted by atomic mass is 10.1. The molecule has 2 aliphatic rings. The molecule has 0 aromatic carbocycles. The summed E-state index contributed by atoms with van der Waals surface area (Å²) in [6, 6.07) is 1.09. The van der Waals surface area contributed by atoms with Crippen molar-refractivity contribution >= 4 is 5.91 Å². The number of rotatable bonds is 8. The molecule has 1 amide bonds. The van der Waals surface area contributed by atoms with Gasteiger partial charge in [0.2, 0.25) is 5.91 Å². The van der Waals surface area contributed by atoms with Crippen LogP contribution in [0.25, 0.3) is 0 Å². The zero-order valence-corrected chi connectivity index (χ0v) is 15.8. The third-order valence-electron chi connectivity index (χ3n) is 5.63. The average molecular weight is 348 g/mol. The van der Waals surface area contributed by atoms with Crippen molar-refractivity contribution in [1.29, 1.82) is 0 Å². The van der Waals surface area contributed by atoms with E-state index in [1.165, 1.54) is 12.8 Å². The molecule has 140 valence electrons. The quantitative estimate of drug-likeness (QED) is 0.768. The number of likely N-dealkylation sites (tertiary alicyclic amines) is 1. The Morgan fingerprint density at radius 1 is 1.32 bits per heavy atom. The smallest absolute Gasteiger partial charge is 0.224 e. The highest BCUT2D eigenvalue weighted by Crippen LogP contribution is 2.35. The number of nitrogens with zero attached hydrogens (tertiary/aromatic N) is 5. The second kappa shape index (κ2) is 7.83. The first kappa shape index (κ1) is 18.3. The van der Waals surface area contributed by atoms with Crippen LogP contribution in [-0.2, 0) is 11.3 Å². The Kier molecular flexibility index (Phi) is 5.74. The van der Waals surface area contributed by atoms with Crippen molar-refractivity contribution in [2.75, 3.05) is 20.1 Å². The standard InChI is InChI=1S/C18H32N6O/c1-13(2)24-12-20-21-17(24)11-22(3)18(25)8-15-6-7-16(9-19)23(15)10-14-4-5-14/h12-16H,4-11,19H2,1-3H3/t15-,16+/m0/s1. The molecule has 0 spiro atoms. The molecule has 2 heterocycles. The maximum Gasteiger partial charge on any atom is 0.224 e. The van der Waals surface area contributed by atoms with Gasteiger partial charge in [-0.1, -0.05) is 0 Å². The molecule has 0 bridgehead atoms. The van der Waals surface area contributed by atoms with Crippen LogP contribution in [0.1, 0.15) is 57.8 Å². The zero-order valence-electron chi connectivity index (χ0n) is 15.8. The fraction of sp³-hybridized carbons (Fsp3) is 0.833. The molecule has 0 unspecified atom stereocenters. The van der Waals surface area contributed by atoms with Crippen molar-refractivity contribution in [2.24, 2.45) is 11.7 Å². The maximum absolute atomic E-state index is 12.8. The van der Waals surface area contributed by atoms with Crippen molar-refractivity contribution in [2.45, 2.75) is 70.6 Å². The van der Waals surface area contributed by atoms with Gasteiger partial charge >= 0.3 is 0 Å². The summed E-state index contributed by atoms with van der Waals surface area (Å²) in [5, 5.41) is 8.16. The van der Waals surface area contributed by atoms with Crippen LogP contribution in [0.5, 0.6) is 0 Å². The van der Waals surface area contributed by atoms with Crippen molar-refractivity contribution in [3.8, 4) is 0 Å². The Labute approximate surface area is 150 Å². The molecule has 7 nitrogen and oxygen atoms in total. The summed E-state index contributed by atoms with van der Waals surface area (Å²) in [6.07, 6.45) is 7.18. The second-order valence-electron chi connectivity index (χ2n) is 7.96. The molecule has 1 aliphatic carbocycles. The lowest BCUT2D eigenvalue weighted by Gasteiger charge is -2.30. The molecule has 1 aliphatic heterocycles. The van der Waals surface area contributed by atoms with Crippen molar-refractivity contribution in [3.05, 3.63) is 12.2 Å². The summed E-state index contributed by atoms with van der Waals surface area (Å²) in [4.78, 5) is 17.1. The van der Waals surface area contributed by atoms with Crippen molar-refractivity contribution < 1.29 is 4.79 Å². The van der Waals surface area contributed by atoms with Gasteiger partial charge in [-0.2, -0.15) is 0 Å². The topological polar surface area (TPSA) is 80.3 Å². The summed E-state index contributed by atoms with van der Waals surface area (Å²) in [6.45, 7) is 6.51. The number of carbonyl (C=O) groups excluding carboxylic acids is 1. The normalized spacial score (nSPS) is 24.2. The molecule has 1 saturated carbocycles. The van der Waals surface area contributed by atoms with Gasteiger partial charge in [0, 0.05) is 44.7 Å². The Morgan fingerprint density at radius 2 is 2.04 bits per heavy atom. The van der Waals surface area contributed by atoms with Gasteiger partial charge in [-0.3, -0.25) is 9.69 Å². The maximum atomic E-state index is 12.8. The van der Waals surface area contributed by atoms with E-state index in [9.17, 15) is 4.79 Å². The Balaban J connectivity index is 1.57. The van der Waals surface area contributed by atoms with Crippen LogP contribution in [0.4, 0.5) is 0 Å². The molecular formula is C18H32N6O. The van der Waals surface area contributed by atoms with Crippen LogP contribution in [-0.4, -0.2) is 62.7 Å². The van der Waals surface area contributed by atoms with Gasteiger partial charge in [0.1, 0.15) is 6.33 Å². The lowest BCUT2D eigenvalue weighted by molar-refractivity contribution is -0.131.